The van der Waals surface area contributed by atoms with Crippen LogP contribution in [0, 0.1) is 17.3 Å². The van der Waals surface area contributed by atoms with E-state index in [-0.39, 0.29) is 17.2 Å². The highest BCUT2D eigenvalue weighted by Crippen LogP contribution is 2.59. The lowest BCUT2D eigenvalue weighted by molar-refractivity contribution is -0.123. The second kappa shape index (κ2) is 6.39. The Balaban J connectivity index is 1.61. The Morgan fingerprint density at radius 3 is 2.75 bits per heavy atom. The molecule has 126 valence electrons. The highest BCUT2D eigenvalue weighted by Gasteiger charge is 2.60. The number of nitrogens with zero attached hydrogens (tertiary/aromatic N) is 1. The number of rotatable bonds is 5. The number of carbonyl (C=O) groups excluding carboxylic acids is 1. The molecular formula is C21H26N2O. The molecule has 0 unspecified atom stereocenters. The molecule has 0 spiro atoms. The van der Waals surface area contributed by atoms with E-state index in [0.717, 1.165) is 17.3 Å². The van der Waals surface area contributed by atoms with Gasteiger partial charge in [0, 0.05) is 18.1 Å². The molecule has 0 bridgehead atoms. The summed E-state index contributed by atoms with van der Waals surface area (Å²) in [6.07, 6.45) is 4.86. The number of aromatic nitrogens is 1. The lowest BCUT2D eigenvalue weighted by atomic mass is 10.1. The second-order valence-electron chi connectivity index (χ2n) is 7.60. The number of hydrogen-bond donors (Lipinski definition) is 1. The van der Waals surface area contributed by atoms with E-state index in [9.17, 15) is 4.79 Å². The zero-order valence-corrected chi connectivity index (χ0v) is 15.0. The number of fused-ring (bicyclic) bond motifs is 1. The fourth-order valence-electron chi connectivity index (χ4n) is 3.65. The van der Waals surface area contributed by atoms with Crippen molar-refractivity contribution in [3.63, 3.8) is 0 Å². The molecule has 2 aromatic rings. The van der Waals surface area contributed by atoms with Crippen LogP contribution in [0.2, 0.25) is 0 Å². The summed E-state index contributed by atoms with van der Waals surface area (Å²) in [7, 11) is 0. The van der Waals surface area contributed by atoms with Gasteiger partial charge in [0.1, 0.15) is 0 Å². The summed E-state index contributed by atoms with van der Waals surface area (Å²) in [5, 5.41) is 4.27. The van der Waals surface area contributed by atoms with E-state index in [1.165, 1.54) is 11.1 Å². The van der Waals surface area contributed by atoms with Gasteiger partial charge in [-0.1, -0.05) is 49.8 Å². The first-order valence-electron chi connectivity index (χ1n) is 8.66. The van der Waals surface area contributed by atoms with Crippen molar-refractivity contribution in [2.45, 2.75) is 34.1 Å². The van der Waals surface area contributed by atoms with Crippen molar-refractivity contribution in [1.29, 1.82) is 0 Å². The van der Waals surface area contributed by atoms with Gasteiger partial charge in [0.25, 0.3) is 0 Å². The molecule has 3 rings (SSSR count). The molecule has 1 aromatic carbocycles. The zero-order chi connectivity index (χ0) is 17.3. The van der Waals surface area contributed by atoms with Crippen molar-refractivity contribution in [3.8, 4) is 0 Å². The van der Waals surface area contributed by atoms with Gasteiger partial charge in [0.05, 0.1) is 11.4 Å². The third-order valence-electron chi connectivity index (χ3n) is 5.12. The summed E-state index contributed by atoms with van der Waals surface area (Å²) in [5.41, 5.74) is 3.57. The van der Waals surface area contributed by atoms with Crippen LogP contribution in [0.5, 0.6) is 0 Å². The van der Waals surface area contributed by atoms with Crippen molar-refractivity contribution >= 4 is 16.8 Å². The number of amides is 1. The quantitative estimate of drug-likeness (QED) is 0.841. The van der Waals surface area contributed by atoms with Gasteiger partial charge in [0.15, 0.2) is 0 Å². The number of hydrogen-bond acceptors (Lipinski definition) is 2. The summed E-state index contributed by atoms with van der Waals surface area (Å²) >= 11 is 0. The van der Waals surface area contributed by atoms with Crippen LogP contribution in [0.1, 0.15) is 33.3 Å². The zero-order valence-electron chi connectivity index (χ0n) is 15.0. The molecule has 1 aromatic heterocycles. The number of para-hydroxylation sites is 1. The monoisotopic (exact) mass is 322 g/mol. The molecule has 0 aliphatic heterocycles. The molecule has 24 heavy (non-hydrogen) atoms. The Morgan fingerprint density at radius 2 is 2.00 bits per heavy atom. The van der Waals surface area contributed by atoms with Crippen molar-refractivity contribution in [2.75, 3.05) is 6.54 Å². The maximum atomic E-state index is 12.5. The van der Waals surface area contributed by atoms with Crippen LogP contribution >= 0.6 is 0 Å². The van der Waals surface area contributed by atoms with Gasteiger partial charge < -0.3 is 5.32 Å². The molecule has 1 N–H and O–H groups in total. The fourth-order valence-corrected chi connectivity index (χ4v) is 3.65. The standard InChI is InChI=1S/C21H26N2O/c1-14(2)13-17-18(21(17,3)4)20(24)23-12-10-16-8-5-7-15-9-6-11-22-19(15)16/h5-9,11,13,17-18H,10,12H2,1-4H3,(H,23,24)/t17-,18-/m0/s1. The van der Waals surface area contributed by atoms with Crippen molar-refractivity contribution in [1.82, 2.24) is 10.3 Å². The summed E-state index contributed by atoms with van der Waals surface area (Å²) in [4.78, 5) is 17.0. The molecule has 1 aliphatic rings. The van der Waals surface area contributed by atoms with E-state index in [2.05, 4.69) is 68.3 Å². The van der Waals surface area contributed by atoms with Crippen LogP contribution in [-0.2, 0) is 11.2 Å². The molecule has 2 atom stereocenters. The van der Waals surface area contributed by atoms with E-state index in [0.29, 0.717) is 12.5 Å². The van der Waals surface area contributed by atoms with Crippen LogP contribution < -0.4 is 5.32 Å². The highest BCUT2D eigenvalue weighted by atomic mass is 16.2. The van der Waals surface area contributed by atoms with Gasteiger partial charge in [-0.3, -0.25) is 9.78 Å². The van der Waals surface area contributed by atoms with Crippen LogP contribution in [-0.4, -0.2) is 17.4 Å². The van der Waals surface area contributed by atoms with Gasteiger partial charge in [-0.05, 0) is 43.2 Å². The minimum absolute atomic E-state index is 0.0718. The van der Waals surface area contributed by atoms with E-state index in [1.807, 2.05) is 12.3 Å². The van der Waals surface area contributed by atoms with Gasteiger partial charge >= 0.3 is 0 Å². The summed E-state index contributed by atoms with van der Waals surface area (Å²) in [6, 6.07) is 10.2. The maximum absolute atomic E-state index is 12.5. The molecule has 0 saturated heterocycles. The molecule has 1 fully saturated rings. The first-order chi connectivity index (χ1) is 11.4. The highest BCUT2D eigenvalue weighted by molar-refractivity contribution is 5.84. The van der Waals surface area contributed by atoms with Crippen molar-refractivity contribution in [3.05, 3.63) is 53.7 Å². The van der Waals surface area contributed by atoms with Crippen molar-refractivity contribution < 1.29 is 4.79 Å². The van der Waals surface area contributed by atoms with Crippen LogP contribution in [0.15, 0.2) is 48.2 Å². The Labute approximate surface area is 144 Å². The number of benzene rings is 1. The number of nitrogens with one attached hydrogen (secondary N) is 1. The van der Waals surface area contributed by atoms with E-state index in [4.69, 9.17) is 0 Å². The minimum Gasteiger partial charge on any atom is -0.355 e. The fraction of sp³-hybridized carbons (Fsp3) is 0.429. The Bertz CT molecular complexity index is 782. The van der Waals surface area contributed by atoms with E-state index in [1.54, 1.807) is 0 Å². The second-order valence-corrected chi connectivity index (χ2v) is 7.60. The van der Waals surface area contributed by atoms with Crippen molar-refractivity contribution in [2.24, 2.45) is 17.3 Å². The van der Waals surface area contributed by atoms with Gasteiger partial charge in [-0.25, -0.2) is 0 Å². The Kier molecular flexibility index (Phi) is 4.44. The number of carbonyl (C=O) groups is 1. The van der Waals surface area contributed by atoms with Crippen LogP contribution in [0.3, 0.4) is 0 Å². The molecule has 1 amide bonds. The largest absolute Gasteiger partial charge is 0.355 e. The first-order valence-corrected chi connectivity index (χ1v) is 8.66. The SMILES string of the molecule is CC(C)=C[C@H]1[C@@H](C(=O)NCCc2cccc3cccnc23)C1(C)C. The molecule has 1 heterocycles. The van der Waals surface area contributed by atoms with E-state index < -0.39 is 0 Å². The average Bonchev–Trinajstić information content (AvgIpc) is 3.07. The predicted octanol–water partition coefficient (Wildman–Crippen LogP) is 4.13. The Hall–Kier alpha value is -2.16. The number of allylic oxidation sites excluding steroid dienone is 2. The molecule has 3 nitrogen and oxygen atoms in total. The summed E-state index contributed by atoms with van der Waals surface area (Å²) in [5.74, 6) is 0.635. The molecular weight excluding hydrogens is 296 g/mol. The first kappa shape index (κ1) is 16.7. The van der Waals surface area contributed by atoms with E-state index >= 15 is 0 Å². The summed E-state index contributed by atoms with van der Waals surface area (Å²) < 4.78 is 0. The third kappa shape index (κ3) is 3.21. The van der Waals surface area contributed by atoms with Gasteiger partial charge in [0.2, 0.25) is 5.91 Å². The molecule has 1 saturated carbocycles. The smallest absolute Gasteiger partial charge is 0.224 e. The topological polar surface area (TPSA) is 42.0 Å². The average molecular weight is 322 g/mol. The predicted molar refractivity (Wildman–Crippen MR) is 98.6 cm³/mol. The van der Waals surface area contributed by atoms with Crippen LogP contribution in [0.4, 0.5) is 0 Å². The summed E-state index contributed by atoms with van der Waals surface area (Å²) in [6.45, 7) is 9.20. The lowest BCUT2D eigenvalue weighted by Crippen LogP contribution is -2.28. The third-order valence-corrected chi connectivity index (χ3v) is 5.12. The normalized spacial score (nSPS) is 21.3. The molecule has 1 aliphatic carbocycles. The lowest BCUT2D eigenvalue weighted by Gasteiger charge is -2.08. The van der Waals surface area contributed by atoms with Gasteiger partial charge in [-0.2, -0.15) is 0 Å². The Morgan fingerprint density at radius 1 is 1.25 bits per heavy atom. The minimum atomic E-state index is 0.0718. The van der Waals surface area contributed by atoms with Gasteiger partial charge in [-0.15, -0.1) is 0 Å². The van der Waals surface area contributed by atoms with Crippen LogP contribution in [0.25, 0.3) is 10.9 Å². The molecule has 0 radical (unpaired) electrons. The number of pyridine rings is 1. The molecule has 3 heteroatoms. The maximum Gasteiger partial charge on any atom is 0.224 e.